The van der Waals surface area contributed by atoms with Gasteiger partial charge < -0.3 is 10.2 Å². The number of rotatable bonds is 6. The van der Waals surface area contributed by atoms with E-state index in [1.807, 2.05) is 37.3 Å². The third kappa shape index (κ3) is 4.95. The van der Waals surface area contributed by atoms with Crippen LogP contribution in [0.25, 0.3) is 0 Å². The maximum absolute atomic E-state index is 13.6. The van der Waals surface area contributed by atoms with Gasteiger partial charge in [-0.1, -0.05) is 24.3 Å². The zero-order chi connectivity index (χ0) is 27.0. The second kappa shape index (κ2) is 10.3. The molecule has 1 fully saturated rings. The predicted octanol–water partition coefficient (Wildman–Crippen LogP) is 2.83. The number of nitrogens with one attached hydrogen (secondary N) is 1. The number of para-hydroxylation sites is 1. The van der Waals surface area contributed by atoms with Crippen LogP contribution in [0.5, 0.6) is 0 Å². The molecule has 2 aromatic heterocycles. The van der Waals surface area contributed by atoms with Gasteiger partial charge in [-0.2, -0.15) is 9.40 Å². The minimum absolute atomic E-state index is 0.0359. The van der Waals surface area contributed by atoms with Crippen molar-refractivity contribution in [3.05, 3.63) is 65.1 Å². The van der Waals surface area contributed by atoms with Crippen LogP contribution in [0.3, 0.4) is 0 Å². The van der Waals surface area contributed by atoms with Crippen LogP contribution in [-0.4, -0.2) is 58.9 Å². The van der Waals surface area contributed by atoms with Gasteiger partial charge in [0.1, 0.15) is 17.3 Å². The van der Waals surface area contributed by atoms with Crippen molar-refractivity contribution in [1.82, 2.24) is 19.1 Å². The minimum Gasteiger partial charge on any atom is -0.310 e. The average molecular weight is 537 g/mol. The second-order valence-electron chi connectivity index (χ2n) is 9.97. The van der Waals surface area contributed by atoms with Crippen molar-refractivity contribution < 1.29 is 18.0 Å². The summed E-state index contributed by atoms with van der Waals surface area (Å²) in [5.41, 5.74) is 3.83. The van der Waals surface area contributed by atoms with E-state index in [4.69, 9.17) is 0 Å². The average Bonchev–Trinajstić information content (AvgIpc) is 3.46. The van der Waals surface area contributed by atoms with E-state index in [-0.39, 0.29) is 42.3 Å². The summed E-state index contributed by atoms with van der Waals surface area (Å²) in [4.78, 5) is 31.9. The Morgan fingerprint density at radius 2 is 1.76 bits per heavy atom. The fourth-order valence-electron chi connectivity index (χ4n) is 5.28. The van der Waals surface area contributed by atoms with Crippen LogP contribution in [0.1, 0.15) is 35.4 Å². The lowest BCUT2D eigenvalue weighted by Gasteiger charge is -2.30. The van der Waals surface area contributed by atoms with Gasteiger partial charge in [0.05, 0.1) is 11.4 Å². The molecule has 0 unspecified atom stereocenters. The highest BCUT2D eigenvalue weighted by Gasteiger charge is 2.36. The zero-order valence-corrected chi connectivity index (χ0v) is 22.7. The molecule has 10 nitrogen and oxygen atoms in total. The molecule has 0 spiro atoms. The number of hydrogen-bond acceptors (Lipinski definition) is 6. The number of nitrogens with zero attached hydrogens (tertiary/aromatic N) is 5. The Morgan fingerprint density at radius 1 is 1.03 bits per heavy atom. The Balaban J connectivity index is 1.25. The predicted molar refractivity (Wildman–Crippen MR) is 143 cm³/mol. The van der Waals surface area contributed by atoms with Gasteiger partial charge in [-0.3, -0.25) is 14.3 Å². The molecule has 2 amide bonds. The molecule has 5 rings (SSSR count). The number of carbonyl (C=O) groups excluding carboxylic acids is 2. The molecule has 200 valence electrons. The summed E-state index contributed by atoms with van der Waals surface area (Å²) in [5.74, 6) is -0.0864. The molecule has 0 atom stereocenters. The fraction of sp³-hybridized carbons (Fsp3) is 0.407. The normalized spacial score (nSPS) is 16.4. The van der Waals surface area contributed by atoms with Gasteiger partial charge in [0.15, 0.2) is 0 Å². The van der Waals surface area contributed by atoms with E-state index >= 15 is 0 Å². The largest absolute Gasteiger partial charge is 0.310 e. The van der Waals surface area contributed by atoms with Gasteiger partial charge in [-0.25, -0.2) is 13.4 Å². The third-order valence-electron chi connectivity index (χ3n) is 7.37. The van der Waals surface area contributed by atoms with E-state index in [2.05, 4.69) is 15.4 Å². The number of fused-ring (bicyclic) bond motifs is 1. The number of benzene rings is 1. The van der Waals surface area contributed by atoms with Gasteiger partial charge in [0, 0.05) is 37.4 Å². The van der Waals surface area contributed by atoms with Crippen LogP contribution in [0.4, 0.5) is 11.5 Å². The quantitative estimate of drug-likeness (QED) is 0.518. The number of aryl methyl sites for hydroxylation is 2. The van der Waals surface area contributed by atoms with Crippen LogP contribution in [0, 0.1) is 26.7 Å². The highest BCUT2D eigenvalue weighted by Crippen LogP contribution is 2.30. The first-order valence-corrected chi connectivity index (χ1v) is 14.2. The molecule has 1 aromatic carbocycles. The molecule has 4 heterocycles. The summed E-state index contributed by atoms with van der Waals surface area (Å²) in [6, 6.07) is 11.4. The van der Waals surface area contributed by atoms with Crippen molar-refractivity contribution in [2.45, 2.75) is 51.5 Å². The minimum atomic E-state index is -3.84. The van der Waals surface area contributed by atoms with Gasteiger partial charge >= 0.3 is 0 Å². The number of piperidine rings is 1. The van der Waals surface area contributed by atoms with Crippen LogP contribution >= 0.6 is 0 Å². The van der Waals surface area contributed by atoms with Crippen LogP contribution < -0.4 is 10.2 Å². The third-order valence-corrected chi connectivity index (χ3v) is 9.53. The van der Waals surface area contributed by atoms with Crippen LogP contribution in [-0.2, 0) is 32.6 Å². The van der Waals surface area contributed by atoms with E-state index in [9.17, 15) is 18.0 Å². The van der Waals surface area contributed by atoms with E-state index in [0.717, 1.165) is 23.2 Å². The fourth-order valence-corrected chi connectivity index (χ4v) is 7.12. The molecule has 3 aromatic rings. The van der Waals surface area contributed by atoms with E-state index in [0.29, 0.717) is 36.6 Å². The van der Waals surface area contributed by atoms with Crippen molar-refractivity contribution in [2.24, 2.45) is 5.92 Å². The standard InChI is InChI=1S/C27H32N6O4S/c1-18-8-9-24(28-16-18)29-27(35)22-10-13-31(14-11-22)38(36,37)26-19(2)30-33(20(26)3)17-25(34)32-15-12-21-6-4-5-7-23(21)32/h4-9,16,22H,10-15,17H2,1-3H3,(H,28,29,35). The first-order valence-electron chi connectivity index (χ1n) is 12.8. The lowest BCUT2D eigenvalue weighted by Crippen LogP contribution is -2.41. The van der Waals surface area contributed by atoms with Crippen molar-refractivity contribution in [2.75, 3.05) is 29.9 Å². The van der Waals surface area contributed by atoms with Crippen molar-refractivity contribution >= 4 is 33.3 Å². The summed E-state index contributed by atoms with van der Waals surface area (Å²) in [6.07, 6.45) is 3.31. The Kier molecular flexibility index (Phi) is 7.06. The Labute approximate surface area is 222 Å². The van der Waals surface area contributed by atoms with Gasteiger partial charge in [0.2, 0.25) is 21.8 Å². The molecule has 1 N–H and O–H groups in total. The Morgan fingerprint density at radius 3 is 2.47 bits per heavy atom. The molecule has 2 aliphatic rings. The monoisotopic (exact) mass is 536 g/mol. The molecular weight excluding hydrogens is 504 g/mol. The van der Waals surface area contributed by atoms with Gasteiger partial charge in [-0.15, -0.1) is 0 Å². The first kappa shape index (κ1) is 26.1. The van der Waals surface area contributed by atoms with Gasteiger partial charge in [0.25, 0.3) is 0 Å². The molecule has 2 aliphatic heterocycles. The zero-order valence-electron chi connectivity index (χ0n) is 21.8. The lowest BCUT2D eigenvalue weighted by molar-refractivity contribution is -0.121. The number of carbonyl (C=O) groups is 2. The SMILES string of the molecule is Cc1ccc(NC(=O)C2CCN(S(=O)(=O)c3c(C)nn(CC(=O)N4CCc5ccccc54)c3C)CC2)nc1. The Bertz CT molecular complexity index is 1470. The molecule has 0 bridgehead atoms. The van der Waals surface area contributed by atoms with Crippen LogP contribution in [0.15, 0.2) is 47.5 Å². The number of anilines is 2. The Hall–Kier alpha value is -3.57. The van der Waals surface area contributed by atoms with Crippen molar-refractivity contribution in [1.29, 1.82) is 0 Å². The highest BCUT2D eigenvalue weighted by atomic mass is 32.2. The number of pyridine rings is 1. The topological polar surface area (TPSA) is 118 Å². The number of aromatic nitrogens is 3. The van der Waals surface area contributed by atoms with E-state index in [1.54, 1.807) is 31.0 Å². The smallest absolute Gasteiger partial charge is 0.248 e. The van der Waals surface area contributed by atoms with Gasteiger partial charge in [-0.05, 0) is 63.3 Å². The number of amides is 2. The molecule has 38 heavy (non-hydrogen) atoms. The molecule has 0 radical (unpaired) electrons. The summed E-state index contributed by atoms with van der Waals surface area (Å²) in [5, 5.41) is 7.25. The summed E-state index contributed by atoms with van der Waals surface area (Å²) in [6.45, 7) is 6.29. The molecule has 0 aliphatic carbocycles. The first-order chi connectivity index (χ1) is 18.1. The maximum atomic E-state index is 13.6. The molecule has 1 saturated heterocycles. The summed E-state index contributed by atoms with van der Waals surface area (Å²) >= 11 is 0. The van der Waals surface area contributed by atoms with E-state index in [1.165, 1.54) is 8.99 Å². The molecule has 0 saturated carbocycles. The number of hydrogen-bond donors (Lipinski definition) is 1. The molecule has 11 heteroatoms. The second-order valence-corrected chi connectivity index (χ2v) is 11.8. The summed E-state index contributed by atoms with van der Waals surface area (Å²) < 4.78 is 30.1. The van der Waals surface area contributed by atoms with Crippen molar-refractivity contribution in [3.63, 3.8) is 0 Å². The van der Waals surface area contributed by atoms with Crippen molar-refractivity contribution in [3.8, 4) is 0 Å². The highest BCUT2D eigenvalue weighted by molar-refractivity contribution is 7.89. The number of sulfonamides is 1. The summed E-state index contributed by atoms with van der Waals surface area (Å²) in [7, 11) is -3.84. The van der Waals surface area contributed by atoms with E-state index < -0.39 is 10.0 Å². The molecular formula is C27H32N6O4S. The van der Waals surface area contributed by atoms with Crippen LogP contribution in [0.2, 0.25) is 0 Å². The maximum Gasteiger partial charge on any atom is 0.248 e. The lowest BCUT2D eigenvalue weighted by atomic mass is 9.97.